The largest absolute Gasteiger partial charge is 0.261 e. The van der Waals surface area contributed by atoms with Gasteiger partial charge in [0.05, 0.1) is 0 Å². The second-order valence-electron chi connectivity index (χ2n) is 4.47. The molecule has 1 aromatic heterocycles. The number of nitrogens with zero attached hydrogens (tertiary/aromatic N) is 1. The third-order valence-corrected chi connectivity index (χ3v) is 4.66. The Morgan fingerprint density at radius 3 is 2.61 bits per heavy atom. The summed E-state index contributed by atoms with van der Waals surface area (Å²) in [4.78, 5) is 4.57. The van der Waals surface area contributed by atoms with E-state index >= 15 is 0 Å². The maximum atomic E-state index is 6.31. The summed E-state index contributed by atoms with van der Waals surface area (Å²) < 4.78 is 0. The molecule has 0 bridgehead atoms. The fourth-order valence-corrected chi connectivity index (χ4v) is 3.07. The van der Waals surface area contributed by atoms with Gasteiger partial charge in [0.2, 0.25) is 0 Å². The Labute approximate surface area is 121 Å². The molecule has 2 rings (SSSR count). The van der Waals surface area contributed by atoms with E-state index in [1.54, 1.807) is 0 Å². The fourth-order valence-electron chi connectivity index (χ4n) is 1.92. The van der Waals surface area contributed by atoms with Crippen molar-refractivity contribution in [1.82, 2.24) is 4.98 Å². The molecule has 0 N–H and O–H groups in total. The lowest BCUT2D eigenvalue weighted by Crippen LogP contribution is -2.04. The van der Waals surface area contributed by atoms with Crippen LogP contribution in [-0.2, 0) is 0 Å². The van der Waals surface area contributed by atoms with Crippen LogP contribution >= 0.6 is 27.5 Å². The summed E-state index contributed by atoms with van der Waals surface area (Å²) in [7, 11) is 0. The van der Waals surface area contributed by atoms with Crippen molar-refractivity contribution in [2.75, 3.05) is 0 Å². The zero-order valence-corrected chi connectivity index (χ0v) is 12.7. The Hall–Kier alpha value is -0.860. The summed E-state index contributed by atoms with van der Waals surface area (Å²) in [5, 5.41) is 0.805. The van der Waals surface area contributed by atoms with E-state index in [-0.39, 0.29) is 10.7 Å². The van der Waals surface area contributed by atoms with Crippen LogP contribution < -0.4 is 0 Å². The third kappa shape index (κ3) is 2.93. The molecule has 0 fully saturated rings. The van der Waals surface area contributed by atoms with Gasteiger partial charge in [-0.25, -0.2) is 0 Å². The highest BCUT2D eigenvalue weighted by atomic mass is 79.9. The quantitative estimate of drug-likeness (QED) is 0.700. The summed E-state index contributed by atoms with van der Waals surface area (Å²) in [6.45, 7) is 4.19. The summed E-state index contributed by atoms with van der Waals surface area (Å²) in [5.41, 5.74) is 3.35. The maximum absolute atomic E-state index is 6.31. The molecule has 0 aliphatic rings. The highest BCUT2D eigenvalue weighted by molar-refractivity contribution is 9.09. The molecule has 0 radical (unpaired) electrons. The van der Waals surface area contributed by atoms with Gasteiger partial charge in [0.15, 0.2) is 0 Å². The molecule has 18 heavy (non-hydrogen) atoms. The van der Waals surface area contributed by atoms with Crippen LogP contribution in [0, 0.1) is 6.92 Å². The minimum atomic E-state index is 0.167. The lowest BCUT2D eigenvalue weighted by atomic mass is 9.96. The Balaban J connectivity index is 2.28. The van der Waals surface area contributed by atoms with E-state index in [9.17, 15) is 0 Å². The van der Waals surface area contributed by atoms with E-state index in [2.05, 4.69) is 40.0 Å². The van der Waals surface area contributed by atoms with Crippen LogP contribution in [0.1, 0.15) is 34.5 Å². The van der Waals surface area contributed by atoms with Crippen molar-refractivity contribution in [3.8, 4) is 0 Å². The van der Waals surface area contributed by atoms with E-state index in [1.807, 2.05) is 37.4 Å². The number of hydrogen-bond acceptors (Lipinski definition) is 1. The molecule has 0 amide bonds. The van der Waals surface area contributed by atoms with Crippen LogP contribution in [-0.4, -0.2) is 4.98 Å². The van der Waals surface area contributed by atoms with Gasteiger partial charge < -0.3 is 0 Å². The summed E-state index contributed by atoms with van der Waals surface area (Å²) in [6, 6.07) is 12.1. The van der Waals surface area contributed by atoms with Crippen LogP contribution in [0.3, 0.4) is 0 Å². The van der Waals surface area contributed by atoms with Crippen molar-refractivity contribution in [1.29, 1.82) is 0 Å². The first-order valence-corrected chi connectivity index (χ1v) is 7.20. The number of alkyl halides is 1. The molecule has 0 spiro atoms. The van der Waals surface area contributed by atoms with Crippen LogP contribution in [0.15, 0.2) is 42.6 Å². The lowest BCUT2D eigenvalue weighted by Gasteiger charge is -2.19. The first-order chi connectivity index (χ1) is 8.59. The van der Waals surface area contributed by atoms with Gasteiger partial charge in [0, 0.05) is 27.7 Å². The molecule has 1 nitrogen and oxygen atoms in total. The summed E-state index contributed by atoms with van der Waals surface area (Å²) >= 11 is 10.0. The number of aryl methyl sites for hydroxylation is 1. The molecule has 1 heterocycles. The SMILES string of the molecule is Cc1ccc(C(Br)C(C)c2ccccn2)c(Cl)c1. The number of hydrogen-bond donors (Lipinski definition) is 0. The summed E-state index contributed by atoms with van der Waals surface area (Å²) in [6.07, 6.45) is 1.82. The highest BCUT2D eigenvalue weighted by Gasteiger charge is 2.20. The van der Waals surface area contributed by atoms with Gasteiger partial charge in [-0.3, -0.25) is 4.98 Å². The van der Waals surface area contributed by atoms with Crippen molar-refractivity contribution in [3.63, 3.8) is 0 Å². The predicted octanol–water partition coefficient (Wildman–Crippen LogP) is 5.28. The first-order valence-electron chi connectivity index (χ1n) is 5.90. The second kappa shape index (κ2) is 5.85. The van der Waals surface area contributed by atoms with E-state index in [1.165, 1.54) is 5.56 Å². The second-order valence-corrected chi connectivity index (χ2v) is 5.86. The maximum Gasteiger partial charge on any atom is 0.0490 e. The van der Waals surface area contributed by atoms with E-state index < -0.39 is 0 Å². The predicted molar refractivity (Wildman–Crippen MR) is 80.5 cm³/mol. The van der Waals surface area contributed by atoms with E-state index in [0.29, 0.717) is 0 Å². The van der Waals surface area contributed by atoms with Crippen LogP contribution in [0.4, 0.5) is 0 Å². The van der Waals surface area contributed by atoms with Crippen molar-refractivity contribution in [3.05, 3.63) is 64.4 Å². The molecule has 2 unspecified atom stereocenters. The van der Waals surface area contributed by atoms with Gasteiger partial charge in [0.25, 0.3) is 0 Å². The smallest absolute Gasteiger partial charge is 0.0490 e. The minimum Gasteiger partial charge on any atom is -0.261 e. The van der Waals surface area contributed by atoms with Crippen molar-refractivity contribution in [2.24, 2.45) is 0 Å². The van der Waals surface area contributed by atoms with Gasteiger partial charge in [-0.1, -0.05) is 52.7 Å². The Kier molecular flexibility index (Phi) is 4.41. The van der Waals surface area contributed by atoms with Crippen LogP contribution in [0.5, 0.6) is 0 Å². The van der Waals surface area contributed by atoms with E-state index in [0.717, 1.165) is 16.3 Å². The van der Waals surface area contributed by atoms with Gasteiger partial charge >= 0.3 is 0 Å². The number of benzene rings is 1. The standard InChI is InChI=1S/C15H15BrClN/c1-10-6-7-12(13(17)9-10)15(16)11(2)14-5-3-4-8-18-14/h3-9,11,15H,1-2H3. The molecular formula is C15H15BrClN. The molecule has 2 aromatic rings. The molecule has 1 aromatic carbocycles. The van der Waals surface area contributed by atoms with Gasteiger partial charge in [-0.2, -0.15) is 0 Å². The first kappa shape index (κ1) is 13.6. The Morgan fingerprint density at radius 1 is 1.22 bits per heavy atom. The molecule has 0 aliphatic heterocycles. The van der Waals surface area contributed by atoms with Crippen molar-refractivity contribution >= 4 is 27.5 Å². The Bertz CT molecular complexity index is 527. The highest BCUT2D eigenvalue weighted by Crippen LogP contribution is 2.40. The number of rotatable bonds is 3. The molecule has 94 valence electrons. The Morgan fingerprint density at radius 2 is 2.00 bits per heavy atom. The van der Waals surface area contributed by atoms with Gasteiger partial charge in [-0.15, -0.1) is 0 Å². The topological polar surface area (TPSA) is 12.9 Å². The van der Waals surface area contributed by atoms with E-state index in [4.69, 9.17) is 11.6 Å². The zero-order chi connectivity index (χ0) is 13.1. The van der Waals surface area contributed by atoms with Crippen LogP contribution in [0.2, 0.25) is 5.02 Å². The molecule has 3 heteroatoms. The average Bonchev–Trinajstić information content (AvgIpc) is 2.38. The normalized spacial score (nSPS) is 14.2. The summed E-state index contributed by atoms with van der Waals surface area (Å²) in [5.74, 6) is 0.270. The molecule has 0 saturated carbocycles. The molecular weight excluding hydrogens is 310 g/mol. The lowest BCUT2D eigenvalue weighted by molar-refractivity contribution is 0.724. The number of aromatic nitrogens is 1. The number of halogens is 2. The van der Waals surface area contributed by atoms with Crippen molar-refractivity contribution in [2.45, 2.75) is 24.6 Å². The fraction of sp³-hybridized carbons (Fsp3) is 0.267. The van der Waals surface area contributed by atoms with Crippen LogP contribution in [0.25, 0.3) is 0 Å². The molecule has 0 saturated heterocycles. The zero-order valence-electron chi connectivity index (χ0n) is 10.4. The van der Waals surface area contributed by atoms with Crippen molar-refractivity contribution < 1.29 is 0 Å². The molecule has 0 aliphatic carbocycles. The van der Waals surface area contributed by atoms with Gasteiger partial charge in [0.1, 0.15) is 0 Å². The molecule has 2 atom stereocenters. The monoisotopic (exact) mass is 323 g/mol. The third-order valence-electron chi connectivity index (χ3n) is 3.05. The van der Waals surface area contributed by atoms with Gasteiger partial charge in [-0.05, 0) is 36.2 Å². The number of pyridine rings is 1. The minimum absolute atomic E-state index is 0.167. The average molecular weight is 325 g/mol.